The second-order valence-corrected chi connectivity index (χ2v) is 6.97. The van der Waals surface area contributed by atoms with Gasteiger partial charge in [0.25, 0.3) is 11.7 Å². The van der Waals surface area contributed by atoms with Crippen LogP contribution in [-0.4, -0.2) is 21.7 Å². The van der Waals surface area contributed by atoms with Crippen molar-refractivity contribution in [3.8, 4) is 0 Å². The third-order valence-corrected chi connectivity index (χ3v) is 5.02. The second-order valence-electron chi connectivity index (χ2n) is 6.53. The van der Waals surface area contributed by atoms with Crippen LogP contribution in [0.3, 0.4) is 0 Å². The maximum atomic E-state index is 14.6. The van der Waals surface area contributed by atoms with Crippen molar-refractivity contribution < 1.29 is 23.5 Å². The van der Waals surface area contributed by atoms with Gasteiger partial charge in [-0.1, -0.05) is 29.8 Å². The van der Waals surface area contributed by atoms with Gasteiger partial charge in [-0.15, -0.1) is 0 Å². The molecular weight excluding hydrogens is 397 g/mol. The van der Waals surface area contributed by atoms with Gasteiger partial charge in [0, 0.05) is 16.1 Å². The Kier molecular flexibility index (Phi) is 4.94. The minimum absolute atomic E-state index is 0.0476. The third-order valence-electron chi connectivity index (χ3n) is 4.76. The Hall–Kier alpha value is -3.38. The van der Waals surface area contributed by atoms with Crippen LogP contribution in [0.2, 0.25) is 5.02 Å². The number of aliphatic hydroxyl groups is 1. The lowest BCUT2D eigenvalue weighted by atomic mass is 9.95. The highest BCUT2D eigenvalue weighted by Crippen LogP contribution is 2.41. The van der Waals surface area contributed by atoms with Crippen molar-refractivity contribution in [3.63, 3.8) is 0 Å². The van der Waals surface area contributed by atoms with E-state index < -0.39 is 29.3 Å². The van der Waals surface area contributed by atoms with Crippen LogP contribution in [0.15, 0.2) is 76.9 Å². The smallest absolute Gasteiger partial charge is 0.296 e. The van der Waals surface area contributed by atoms with Gasteiger partial charge in [0.05, 0.1) is 24.4 Å². The van der Waals surface area contributed by atoms with Crippen LogP contribution >= 0.6 is 11.6 Å². The van der Waals surface area contributed by atoms with Gasteiger partial charge in [-0.3, -0.25) is 9.59 Å². The maximum Gasteiger partial charge on any atom is 0.296 e. The van der Waals surface area contributed by atoms with Gasteiger partial charge in [-0.25, -0.2) is 4.39 Å². The number of aliphatic hydroxyl groups excluding tert-OH is 1. The molecule has 1 aliphatic rings. The van der Waals surface area contributed by atoms with Crippen molar-refractivity contribution in [3.05, 3.63) is 100 Å². The molecule has 2 aromatic carbocycles. The predicted molar refractivity (Wildman–Crippen MR) is 104 cm³/mol. The number of ketones is 1. The molecule has 0 spiro atoms. The lowest BCUT2D eigenvalue weighted by Crippen LogP contribution is -2.29. The number of carbonyl (C=O) groups excluding carboxylic acids is 2. The largest absolute Gasteiger partial charge is 0.507 e. The van der Waals surface area contributed by atoms with Crippen LogP contribution in [0.5, 0.6) is 0 Å². The molecule has 0 unspecified atom stereocenters. The van der Waals surface area contributed by atoms with Gasteiger partial charge in [-0.05, 0) is 42.5 Å². The highest BCUT2D eigenvalue weighted by atomic mass is 35.5. The zero-order chi connectivity index (χ0) is 20.5. The summed E-state index contributed by atoms with van der Waals surface area (Å²) in [6.45, 7) is -0.0476. The van der Waals surface area contributed by atoms with E-state index in [1.54, 1.807) is 30.3 Å². The van der Waals surface area contributed by atoms with Crippen LogP contribution in [0.1, 0.15) is 22.9 Å². The fourth-order valence-electron chi connectivity index (χ4n) is 3.40. The number of furan rings is 1. The second kappa shape index (κ2) is 7.56. The van der Waals surface area contributed by atoms with E-state index in [1.165, 1.54) is 41.5 Å². The zero-order valence-corrected chi connectivity index (χ0v) is 15.8. The monoisotopic (exact) mass is 411 g/mol. The fourth-order valence-corrected chi connectivity index (χ4v) is 3.52. The number of nitrogens with zero attached hydrogens (tertiary/aromatic N) is 1. The molecule has 1 fully saturated rings. The SMILES string of the molecule is O=C1C(=O)N(Cc2ccco2)[C@@H](c2ccccc2F)C1=C(O)c1ccc(Cl)cc1. The molecule has 5 nitrogen and oxygen atoms in total. The van der Waals surface area contributed by atoms with E-state index in [0.29, 0.717) is 16.3 Å². The minimum atomic E-state index is -1.10. The number of rotatable bonds is 4. The van der Waals surface area contributed by atoms with Crippen LogP contribution in [0, 0.1) is 5.82 Å². The van der Waals surface area contributed by atoms with Crippen molar-refractivity contribution in [1.29, 1.82) is 0 Å². The maximum absolute atomic E-state index is 14.6. The summed E-state index contributed by atoms with van der Waals surface area (Å²) in [6.07, 6.45) is 1.44. The average Bonchev–Trinajstić information content (AvgIpc) is 3.31. The lowest BCUT2D eigenvalue weighted by molar-refractivity contribution is -0.140. The molecule has 1 saturated heterocycles. The molecule has 7 heteroatoms. The van der Waals surface area contributed by atoms with E-state index in [-0.39, 0.29) is 17.7 Å². The number of carbonyl (C=O) groups is 2. The Morgan fingerprint density at radius 3 is 2.45 bits per heavy atom. The minimum Gasteiger partial charge on any atom is -0.507 e. The molecule has 0 aliphatic carbocycles. The van der Waals surface area contributed by atoms with Crippen LogP contribution in [0.25, 0.3) is 5.76 Å². The van der Waals surface area contributed by atoms with Crippen molar-refractivity contribution >= 4 is 29.1 Å². The fraction of sp³-hybridized carbons (Fsp3) is 0.0909. The molecule has 0 radical (unpaired) electrons. The molecular formula is C22H15ClFNO4. The first-order valence-corrected chi connectivity index (χ1v) is 9.16. The Bertz CT molecular complexity index is 1110. The normalized spacial score (nSPS) is 18.4. The molecule has 0 saturated carbocycles. The van der Waals surface area contributed by atoms with Gasteiger partial charge < -0.3 is 14.4 Å². The van der Waals surface area contributed by atoms with Crippen molar-refractivity contribution in [1.82, 2.24) is 4.90 Å². The number of halogens is 2. The van der Waals surface area contributed by atoms with Crippen molar-refractivity contribution in [2.24, 2.45) is 0 Å². The van der Waals surface area contributed by atoms with Crippen molar-refractivity contribution in [2.45, 2.75) is 12.6 Å². The topological polar surface area (TPSA) is 70.8 Å². The summed E-state index contributed by atoms with van der Waals surface area (Å²) >= 11 is 5.89. The standard InChI is InChI=1S/C22H15ClFNO4/c23-14-9-7-13(8-10-14)20(26)18-19(16-5-1-2-6-17(16)24)25(22(28)21(18)27)12-15-4-3-11-29-15/h1-11,19,26H,12H2/t19-/m0/s1. The Balaban J connectivity index is 1.89. The first-order valence-electron chi connectivity index (χ1n) is 8.78. The zero-order valence-electron chi connectivity index (χ0n) is 15.0. The molecule has 3 aromatic rings. The lowest BCUT2D eigenvalue weighted by Gasteiger charge is -2.24. The molecule has 1 aromatic heterocycles. The summed E-state index contributed by atoms with van der Waals surface area (Å²) in [7, 11) is 0. The van der Waals surface area contributed by atoms with Gasteiger partial charge >= 0.3 is 0 Å². The highest BCUT2D eigenvalue weighted by Gasteiger charge is 2.47. The molecule has 1 amide bonds. The molecule has 4 rings (SSSR count). The van der Waals surface area contributed by atoms with Gasteiger partial charge in [0.1, 0.15) is 17.3 Å². The number of Topliss-reactive ketones (excluding diaryl/α,β-unsaturated/α-hetero) is 1. The van der Waals surface area contributed by atoms with Crippen molar-refractivity contribution in [2.75, 3.05) is 0 Å². The summed E-state index contributed by atoms with van der Waals surface area (Å²) in [4.78, 5) is 26.8. The van der Waals surface area contributed by atoms with Gasteiger partial charge in [-0.2, -0.15) is 0 Å². The number of amides is 1. The van der Waals surface area contributed by atoms with E-state index >= 15 is 0 Å². The molecule has 1 atom stereocenters. The molecule has 2 heterocycles. The highest BCUT2D eigenvalue weighted by molar-refractivity contribution is 6.46. The first kappa shape index (κ1) is 19.0. The summed E-state index contributed by atoms with van der Waals surface area (Å²) < 4.78 is 19.9. The van der Waals surface area contributed by atoms with E-state index in [4.69, 9.17) is 16.0 Å². The molecule has 29 heavy (non-hydrogen) atoms. The number of likely N-dealkylation sites (tertiary alicyclic amines) is 1. The molecule has 1 N–H and O–H groups in total. The number of hydrogen-bond acceptors (Lipinski definition) is 4. The van der Waals surface area contributed by atoms with Gasteiger partial charge in [0.15, 0.2) is 0 Å². The Labute approximate surface area is 170 Å². The van der Waals surface area contributed by atoms with E-state index in [0.717, 1.165) is 0 Å². The summed E-state index contributed by atoms with van der Waals surface area (Å²) in [5, 5.41) is 11.3. The van der Waals surface area contributed by atoms with Crippen LogP contribution in [-0.2, 0) is 16.1 Å². The predicted octanol–water partition coefficient (Wildman–Crippen LogP) is 4.69. The van der Waals surface area contributed by atoms with Crippen LogP contribution in [0.4, 0.5) is 4.39 Å². The Morgan fingerprint density at radius 1 is 1.07 bits per heavy atom. The first-order chi connectivity index (χ1) is 14.0. The number of benzene rings is 2. The van der Waals surface area contributed by atoms with E-state index in [9.17, 15) is 19.1 Å². The van der Waals surface area contributed by atoms with Crippen LogP contribution < -0.4 is 0 Å². The van der Waals surface area contributed by atoms with E-state index in [1.807, 2.05) is 0 Å². The molecule has 1 aliphatic heterocycles. The quantitative estimate of drug-likeness (QED) is 0.384. The average molecular weight is 412 g/mol. The summed E-state index contributed by atoms with van der Waals surface area (Å²) in [5.74, 6) is -2.29. The summed E-state index contributed by atoms with van der Waals surface area (Å²) in [5.41, 5.74) is 0.217. The summed E-state index contributed by atoms with van der Waals surface area (Å²) in [6, 6.07) is 14.2. The third kappa shape index (κ3) is 3.43. The molecule has 0 bridgehead atoms. The molecule has 146 valence electrons. The number of hydrogen-bond donors (Lipinski definition) is 1. The van der Waals surface area contributed by atoms with E-state index in [2.05, 4.69) is 0 Å². The van der Waals surface area contributed by atoms with Gasteiger partial charge in [0.2, 0.25) is 0 Å². The Morgan fingerprint density at radius 2 is 1.79 bits per heavy atom.